The molecule has 1 fully saturated rings. The van der Waals surface area contributed by atoms with E-state index in [4.69, 9.17) is 10.5 Å². The molecular weight excluding hydrogens is 244 g/mol. The molecule has 1 aliphatic heterocycles. The lowest BCUT2D eigenvalue weighted by atomic mass is 10.0. The summed E-state index contributed by atoms with van der Waals surface area (Å²) in [6, 6.07) is 5.24. The van der Waals surface area contributed by atoms with Crippen LogP contribution in [0.2, 0.25) is 0 Å². The minimum absolute atomic E-state index is 0.192. The molecule has 1 aromatic carbocycles. The van der Waals surface area contributed by atoms with Gasteiger partial charge in [0.2, 0.25) is 0 Å². The van der Waals surface area contributed by atoms with E-state index in [2.05, 4.69) is 4.90 Å². The molecule has 0 spiro atoms. The van der Waals surface area contributed by atoms with Crippen molar-refractivity contribution >= 4 is 11.7 Å². The quantitative estimate of drug-likeness (QED) is 0.811. The number of carbonyl (C=O) groups is 1. The summed E-state index contributed by atoms with van der Waals surface area (Å²) in [6.45, 7) is 6.91. The number of ether oxygens (including phenoxy) is 1. The summed E-state index contributed by atoms with van der Waals surface area (Å²) in [5.41, 5.74) is 6.85. The molecule has 19 heavy (non-hydrogen) atoms. The zero-order chi connectivity index (χ0) is 14.0. The fraction of sp³-hybridized carbons (Fsp3) is 0.500. The van der Waals surface area contributed by atoms with Gasteiger partial charge >= 0.3 is 5.97 Å². The molecule has 0 radical (unpaired) electrons. The predicted molar refractivity (Wildman–Crippen MR) is 73.1 cm³/mol. The van der Waals surface area contributed by atoms with Crippen molar-refractivity contribution in [1.82, 2.24) is 4.90 Å². The molecule has 1 aliphatic rings. The van der Waals surface area contributed by atoms with Crippen molar-refractivity contribution in [3.63, 3.8) is 0 Å². The molecule has 5 nitrogen and oxygen atoms in total. The van der Waals surface area contributed by atoms with Crippen LogP contribution in [0.15, 0.2) is 18.2 Å². The average molecular weight is 264 g/mol. The Morgan fingerprint density at radius 1 is 1.53 bits per heavy atom. The minimum Gasteiger partial charge on any atom is -0.478 e. The zero-order valence-electron chi connectivity index (χ0n) is 11.3. The Labute approximate surface area is 113 Å². The number of nitrogen functional groups attached to an aromatic ring is 1. The lowest BCUT2D eigenvalue weighted by Gasteiger charge is -2.38. The van der Waals surface area contributed by atoms with Crippen LogP contribution in [0.3, 0.4) is 0 Å². The number of nitrogens with zero attached hydrogens (tertiary/aromatic N) is 1. The van der Waals surface area contributed by atoms with Crippen molar-refractivity contribution in [3.05, 3.63) is 29.3 Å². The Morgan fingerprint density at radius 3 is 2.89 bits per heavy atom. The predicted octanol–water partition coefficient (Wildman–Crippen LogP) is 1.58. The Hall–Kier alpha value is -1.59. The molecule has 2 rings (SSSR count). The number of aromatic carboxylic acids is 1. The summed E-state index contributed by atoms with van der Waals surface area (Å²) in [5.74, 6) is -0.972. The number of nitrogens with two attached hydrogens (primary N) is 1. The van der Waals surface area contributed by atoms with E-state index in [-0.39, 0.29) is 11.2 Å². The molecule has 1 saturated heterocycles. The lowest BCUT2D eigenvalue weighted by Crippen LogP contribution is -2.47. The fourth-order valence-electron chi connectivity index (χ4n) is 2.50. The van der Waals surface area contributed by atoms with Crippen LogP contribution < -0.4 is 5.73 Å². The Kier molecular flexibility index (Phi) is 3.78. The highest BCUT2D eigenvalue weighted by Gasteiger charge is 2.28. The molecule has 3 N–H and O–H groups in total. The first kappa shape index (κ1) is 13.8. The van der Waals surface area contributed by atoms with Crippen molar-refractivity contribution in [3.8, 4) is 0 Å². The molecule has 0 saturated carbocycles. The number of carboxylic acid groups (broad SMARTS) is 1. The maximum atomic E-state index is 11.3. The Balaban J connectivity index is 2.19. The van der Waals surface area contributed by atoms with Gasteiger partial charge in [0, 0.05) is 25.3 Å². The second-order valence-electron chi connectivity index (χ2n) is 5.51. The average Bonchev–Trinajstić information content (AvgIpc) is 2.26. The fourth-order valence-corrected chi connectivity index (χ4v) is 2.50. The molecule has 0 aliphatic carbocycles. The first-order chi connectivity index (χ1) is 8.89. The van der Waals surface area contributed by atoms with Gasteiger partial charge < -0.3 is 15.6 Å². The minimum atomic E-state index is -0.972. The van der Waals surface area contributed by atoms with Crippen molar-refractivity contribution in [2.24, 2.45) is 0 Å². The molecule has 104 valence electrons. The highest BCUT2D eigenvalue weighted by molar-refractivity contribution is 5.95. The summed E-state index contributed by atoms with van der Waals surface area (Å²) in [5, 5.41) is 9.26. The molecule has 0 unspecified atom stereocenters. The first-order valence-corrected chi connectivity index (χ1v) is 6.36. The third-order valence-electron chi connectivity index (χ3n) is 3.30. The van der Waals surface area contributed by atoms with Gasteiger partial charge in [-0.3, -0.25) is 4.90 Å². The van der Waals surface area contributed by atoms with Gasteiger partial charge in [-0.2, -0.15) is 0 Å². The van der Waals surface area contributed by atoms with Gasteiger partial charge in [-0.1, -0.05) is 12.1 Å². The van der Waals surface area contributed by atoms with Gasteiger partial charge in [-0.15, -0.1) is 0 Å². The molecular formula is C14H20N2O3. The number of rotatable bonds is 3. The Morgan fingerprint density at radius 2 is 2.26 bits per heavy atom. The number of carboxylic acids is 1. The topological polar surface area (TPSA) is 75.8 Å². The van der Waals surface area contributed by atoms with Gasteiger partial charge in [-0.05, 0) is 25.5 Å². The molecule has 0 amide bonds. The van der Waals surface area contributed by atoms with E-state index < -0.39 is 5.97 Å². The molecule has 0 aromatic heterocycles. The summed E-state index contributed by atoms with van der Waals surface area (Å²) in [7, 11) is 0. The number of benzene rings is 1. The number of hydrogen-bond acceptors (Lipinski definition) is 4. The van der Waals surface area contributed by atoms with Crippen molar-refractivity contribution in [2.75, 3.05) is 25.4 Å². The molecule has 1 heterocycles. The number of anilines is 1. The van der Waals surface area contributed by atoms with Crippen LogP contribution in [0.25, 0.3) is 0 Å². The SMILES string of the molecule is CC1(C)CN(Cc2cccc(N)c2C(=O)O)CCO1. The third kappa shape index (κ3) is 3.24. The normalized spacial score (nSPS) is 19.3. The highest BCUT2D eigenvalue weighted by Crippen LogP contribution is 2.22. The van der Waals surface area contributed by atoms with E-state index in [1.165, 1.54) is 0 Å². The Bertz CT molecular complexity index is 486. The van der Waals surface area contributed by atoms with Gasteiger partial charge in [-0.25, -0.2) is 4.79 Å². The van der Waals surface area contributed by atoms with Crippen LogP contribution in [0.4, 0.5) is 5.69 Å². The second-order valence-corrected chi connectivity index (χ2v) is 5.51. The van der Waals surface area contributed by atoms with E-state index in [9.17, 15) is 9.90 Å². The zero-order valence-corrected chi connectivity index (χ0v) is 11.3. The van der Waals surface area contributed by atoms with E-state index in [0.29, 0.717) is 18.8 Å². The number of morpholine rings is 1. The highest BCUT2D eigenvalue weighted by atomic mass is 16.5. The summed E-state index contributed by atoms with van der Waals surface area (Å²) in [6.07, 6.45) is 0. The van der Waals surface area contributed by atoms with Crippen LogP contribution >= 0.6 is 0 Å². The van der Waals surface area contributed by atoms with Crippen LogP contribution in [-0.2, 0) is 11.3 Å². The number of hydrogen-bond donors (Lipinski definition) is 2. The smallest absolute Gasteiger partial charge is 0.338 e. The van der Waals surface area contributed by atoms with Crippen molar-refractivity contribution in [2.45, 2.75) is 26.0 Å². The van der Waals surface area contributed by atoms with Crippen molar-refractivity contribution < 1.29 is 14.6 Å². The molecule has 0 atom stereocenters. The van der Waals surface area contributed by atoms with Crippen LogP contribution in [0.5, 0.6) is 0 Å². The van der Waals surface area contributed by atoms with Gasteiger partial charge in [0.05, 0.1) is 17.8 Å². The molecule has 0 bridgehead atoms. The van der Waals surface area contributed by atoms with Crippen LogP contribution in [-0.4, -0.2) is 41.3 Å². The van der Waals surface area contributed by atoms with Crippen molar-refractivity contribution in [1.29, 1.82) is 0 Å². The van der Waals surface area contributed by atoms with E-state index in [1.807, 2.05) is 19.9 Å². The standard InChI is InChI=1S/C14H20N2O3/c1-14(2)9-16(6-7-19-14)8-10-4-3-5-11(15)12(10)13(17)18/h3-5H,6-9,15H2,1-2H3,(H,17,18). The molecule has 5 heteroatoms. The summed E-state index contributed by atoms with van der Waals surface area (Å²) >= 11 is 0. The van der Waals surface area contributed by atoms with Gasteiger partial charge in [0.15, 0.2) is 0 Å². The van der Waals surface area contributed by atoms with E-state index in [1.54, 1.807) is 12.1 Å². The summed E-state index contributed by atoms with van der Waals surface area (Å²) < 4.78 is 5.65. The van der Waals surface area contributed by atoms with Crippen LogP contribution in [0.1, 0.15) is 29.8 Å². The molecule has 1 aromatic rings. The van der Waals surface area contributed by atoms with E-state index >= 15 is 0 Å². The largest absolute Gasteiger partial charge is 0.478 e. The summed E-state index contributed by atoms with van der Waals surface area (Å²) in [4.78, 5) is 13.5. The lowest BCUT2D eigenvalue weighted by molar-refractivity contribution is -0.0882. The third-order valence-corrected chi connectivity index (χ3v) is 3.30. The second kappa shape index (κ2) is 5.19. The van der Waals surface area contributed by atoms with Crippen LogP contribution in [0, 0.1) is 0 Å². The van der Waals surface area contributed by atoms with Gasteiger partial charge in [0.1, 0.15) is 0 Å². The maximum Gasteiger partial charge on any atom is 0.338 e. The monoisotopic (exact) mass is 264 g/mol. The van der Waals surface area contributed by atoms with Gasteiger partial charge in [0.25, 0.3) is 0 Å². The first-order valence-electron chi connectivity index (χ1n) is 6.36. The maximum absolute atomic E-state index is 11.3. The van der Waals surface area contributed by atoms with E-state index in [0.717, 1.165) is 18.7 Å².